The number of tetrazole rings is 1. The second-order valence-corrected chi connectivity index (χ2v) is 5.97. The molecule has 0 saturated heterocycles. The van der Waals surface area contributed by atoms with Crippen LogP contribution in [0.15, 0.2) is 64.9 Å². The van der Waals surface area contributed by atoms with E-state index in [0.717, 1.165) is 6.07 Å². The van der Waals surface area contributed by atoms with Gasteiger partial charge in [0.25, 0.3) is 0 Å². The summed E-state index contributed by atoms with van der Waals surface area (Å²) in [5.41, 5.74) is -0.115. The predicted octanol–water partition coefficient (Wildman–Crippen LogP) is 3.05. The summed E-state index contributed by atoms with van der Waals surface area (Å²) in [4.78, 5) is 10.1. The van der Waals surface area contributed by atoms with E-state index in [2.05, 4.69) is 25.8 Å². The zero-order valence-corrected chi connectivity index (χ0v) is 16.0. The van der Waals surface area contributed by atoms with Crippen molar-refractivity contribution in [2.75, 3.05) is 13.7 Å². The van der Waals surface area contributed by atoms with E-state index in [9.17, 15) is 13.2 Å². The Kier molecular flexibility index (Phi) is 6.40. The van der Waals surface area contributed by atoms with Crippen LogP contribution in [0.3, 0.4) is 0 Å². The average Bonchev–Trinajstić information content (AvgIpc) is 3.16. The summed E-state index contributed by atoms with van der Waals surface area (Å²) in [5, 5.41) is 19.0. The molecule has 0 spiro atoms. The lowest BCUT2D eigenvalue weighted by atomic mass is 10.0. The van der Waals surface area contributed by atoms with Crippen LogP contribution in [-0.2, 0) is 22.9 Å². The van der Waals surface area contributed by atoms with Gasteiger partial charge in [0.15, 0.2) is 12.3 Å². The van der Waals surface area contributed by atoms with E-state index in [1.165, 1.54) is 30.0 Å². The standard InChI is InChI=1S/C19H17F3N6O2/c1-28-18(23-26-27-28)17(13-8-4-3-5-9-13)25-30-12-16(24-29-2)14-10-6-7-11-15(14)19(20,21)22/h3-11H,12H2,1-2H3/b24-16-,25-17?. The van der Waals surface area contributed by atoms with E-state index in [1.807, 2.05) is 6.07 Å². The zero-order valence-electron chi connectivity index (χ0n) is 16.0. The summed E-state index contributed by atoms with van der Waals surface area (Å²) in [6.45, 7) is -0.372. The lowest BCUT2D eigenvalue weighted by molar-refractivity contribution is -0.137. The maximum absolute atomic E-state index is 13.4. The number of halogens is 3. The van der Waals surface area contributed by atoms with E-state index in [0.29, 0.717) is 17.1 Å². The Bertz CT molecular complexity index is 1050. The Morgan fingerprint density at radius 2 is 1.73 bits per heavy atom. The molecule has 11 heteroatoms. The Morgan fingerprint density at radius 3 is 2.37 bits per heavy atom. The van der Waals surface area contributed by atoms with Crippen molar-refractivity contribution in [3.8, 4) is 0 Å². The summed E-state index contributed by atoms with van der Waals surface area (Å²) in [6, 6.07) is 14.0. The third-order valence-electron chi connectivity index (χ3n) is 3.98. The van der Waals surface area contributed by atoms with Gasteiger partial charge in [-0.3, -0.25) is 0 Å². The number of rotatable bonds is 7. The molecule has 0 fully saturated rings. The Balaban J connectivity index is 1.92. The minimum Gasteiger partial charge on any atom is -0.399 e. The number of oxime groups is 2. The first-order chi connectivity index (χ1) is 14.4. The molecule has 3 rings (SSSR count). The first kappa shape index (κ1) is 21.0. The van der Waals surface area contributed by atoms with Gasteiger partial charge in [0.1, 0.15) is 12.8 Å². The molecule has 30 heavy (non-hydrogen) atoms. The van der Waals surface area contributed by atoms with E-state index in [4.69, 9.17) is 9.68 Å². The molecular formula is C19H17F3N6O2. The Labute approximate surface area is 169 Å². The van der Waals surface area contributed by atoms with Crippen molar-refractivity contribution >= 4 is 11.4 Å². The Hall–Kier alpha value is -3.76. The van der Waals surface area contributed by atoms with Crippen LogP contribution in [0.1, 0.15) is 22.5 Å². The van der Waals surface area contributed by atoms with E-state index >= 15 is 0 Å². The number of benzene rings is 2. The molecule has 0 aliphatic carbocycles. The highest BCUT2D eigenvalue weighted by atomic mass is 19.4. The van der Waals surface area contributed by atoms with Crippen LogP contribution >= 0.6 is 0 Å². The highest BCUT2D eigenvalue weighted by molar-refractivity contribution is 6.10. The number of aryl methyl sites for hydroxylation is 1. The summed E-state index contributed by atoms with van der Waals surface area (Å²) in [7, 11) is 2.87. The molecular weight excluding hydrogens is 401 g/mol. The predicted molar refractivity (Wildman–Crippen MR) is 102 cm³/mol. The number of aromatic nitrogens is 4. The normalized spacial score (nSPS) is 12.7. The van der Waals surface area contributed by atoms with Crippen molar-refractivity contribution in [3.63, 3.8) is 0 Å². The van der Waals surface area contributed by atoms with E-state index in [1.54, 1.807) is 31.3 Å². The maximum atomic E-state index is 13.4. The van der Waals surface area contributed by atoms with Crippen molar-refractivity contribution in [3.05, 3.63) is 77.1 Å². The van der Waals surface area contributed by atoms with Gasteiger partial charge in [-0.1, -0.05) is 58.8 Å². The largest absolute Gasteiger partial charge is 0.417 e. The molecule has 1 aromatic heterocycles. The average molecular weight is 418 g/mol. The van der Waals surface area contributed by atoms with Gasteiger partial charge >= 0.3 is 6.18 Å². The Morgan fingerprint density at radius 1 is 1.03 bits per heavy atom. The molecule has 0 aliphatic heterocycles. The van der Waals surface area contributed by atoms with Crippen LogP contribution in [0.4, 0.5) is 13.2 Å². The second kappa shape index (κ2) is 9.16. The van der Waals surface area contributed by atoms with Crippen molar-refractivity contribution < 1.29 is 22.8 Å². The van der Waals surface area contributed by atoms with Gasteiger partial charge < -0.3 is 9.68 Å². The van der Waals surface area contributed by atoms with Crippen LogP contribution in [0.25, 0.3) is 0 Å². The maximum Gasteiger partial charge on any atom is 0.417 e. The van der Waals surface area contributed by atoms with Gasteiger partial charge in [0.2, 0.25) is 5.82 Å². The number of hydrogen-bond acceptors (Lipinski definition) is 7. The molecule has 0 saturated carbocycles. The lowest BCUT2D eigenvalue weighted by Crippen LogP contribution is -2.18. The van der Waals surface area contributed by atoms with E-state index < -0.39 is 11.7 Å². The molecule has 0 atom stereocenters. The SMILES string of the molecule is CO/N=C(/CON=C(c1ccccc1)c1nnnn1C)c1ccccc1C(F)(F)F. The van der Waals surface area contributed by atoms with Crippen molar-refractivity contribution in [1.82, 2.24) is 20.2 Å². The zero-order chi connectivity index (χ0) is 21.6. The first-order valence-electron chi connectivity index (χ1n) is 8.66. The molecule has 0 radical (unpaired) electrons. The lowest BCUT2D eigenvalue weighted by Gasteiger charge is -2.13. The van der Waals surface area contributed by atoms with Crippen LogP contribution in [0, 0.1) is 0 Å². The van der Waals surface area contributed by atoms with Crippen molar-refractivity contribution in [1.29, 1.82) is 0 Å². The van der Waals surface area contributed by atoms with E-state index in [-0.39, 0.29) is 17.9 Å². The monoisotopic (exact) mass is 418 g/mol. The molecule has 0 N–H and O–H groups in total. The van der Waals surface area contributed by atoms with Crippen molar-refractivity contribution in [2.45, 2.75) is 6.18 Å². The molecule has 0 aliphatic rings. The third-order valence-corrected chi connectivity index (χ3v) is 3.98. The van der Waals surface area contributed by atoms with Gasteiger partial charge in [0, 0.05) is 18.2 Å². The topological polar surface area (TPSA) is 86.8 Å². The van der Waals surface area contributed by atoms with Crippen LogP contribution in [0.2, 0.25) is 0 Å². The molecule has 1 heterocycles. The smallest absolute Gasteiger partial charge is 0.399 e. The fourth-order valence-corrected chi connectivity index (χ4v) is 2.65. The molecule has 3 aromatic rings. The highest BCUT2D eigenvalue weighted by Crippen LogP contribution is 2.32. The van der Waals surface area contributed by atoms with Crippen LogP contribution < -0.4 is 0 Å². The molecule has 2 aromatic carbocycles. The molecule has 0 bridgehead atoms. The quantitative estimate of drug-likeness (QED) is 0.435. The van der Waals surface area contributed by atoms with Gasteiger partial charge in [-0.05, 0) is 16.5 Å². The van der Waals surface area contributed by atoms with Gasteiger partial charge in [-0.15, -0.1) is 5.10 Å². The highest BCUT2D eigenvalue weighted by Gasteiger charge is 2.34. The molecule has 156 valence electrons. The fourth-order valence-electron chi connectivity index (χ4n) is 2.65. The first-order valence-corrected chi connectivity index (χ1v) is 8.66. The summed E-state index contributed by atoms with van der Waals surface area (Å²) < 4.78 is 41.5. The van der Waals surface area contributed by atoms with Gasteiger partial charge in [-0.25, -0.2) is 4.68 Å². The third kappa shape index (κ3) is 4.80. The number of nitrogens with zero attached hydrogens (tertiary/aromatic N) is 6. The minimum absolute atomic E-state index is 0.0716. The molecule has 0 unspecified atom stereocenters. The minimum atomic E-state index is -4.56. The second-order valence-electron chi connectivity index (χ2n) is 5.97. The van der Waals surface area contributed by atoms with Crippen LogP contribution in [0.5, 0.6) is 0 Å². The fraction of sp³-hybridized carbons (Fsp3) is 0.211. The van der Waals surface area contributed by atoms with Crippen molar-refractivity contribution in [2.24, 2.45) is 17.4 Å². The van der Waals surface area contributed by atoms with Crippen LogP contribution in [-0.4, -0.2) is 45.3 Å². The molecule has 8 nitrogen and oxygen atoms in total. The summed E-state index contributed by atoms with van der Waals surface area (Å²) in [5.74, 6) is 0.321. The molecule has 0 amide bonds. The van der Waals surface area contributed by atoms with Gasteiger partial charge in [-0.2, -0.15) is 13.2 Å². The van der Waals surface area contributed by atoms with Gasteiger partial charge in [0.05, 0.1) is 5.56 Å². The number of alkyl halides is 3. The summed E-state index contributed by atoms with van der Waals surface area (Å²) >= 11 is 0. The number of hydrogen-bond donors (Lipinski definition) is 0. The summed E-state index contributed by atoms with van der Waals surface area (Å²) in [6.07, 6.45) is -4.56.